The quantitative estimate of drug-likeness (QED) is 0.714. The molecule has 0 amide bonds. The summed E-state index contributed by atoms with van der Waals surface area (Å²) in [4.78, 5) is 4.26. The van der Waals surface area contributed by atoms with E-state index in [4.69, 9.17) is 9.47 Å². The maximum atomic E-state index is 13.2. The van der Waals surface area contributed by atoms with Crippen LogP contribution in [-0.2, 0) is 4.74 Å². The van der Waals surface area contributed by atoms with Gasteiger partial charge in [0.25, 0.3) is 0 Å². The first-order valence-corrected chi connectivity index (χ1v) is 11.3. The summed E-state index contributed by atoms with van der Waals surface area (Å²) in [5.74, 6) is 0.477. The lowest BCUT2D eigenvalue weighted by Gasteiger charge is -2.42. The van der Waals surface area contributed by atoms with Gasteiger partial charge in [-0.1, -0.05) is 12.1 Å². The number of aliphatic hydroxyl groups is 2. The standard InChI is InChI=1S/C25H33FN2O4/c1-20-3-2-4-23(15-20)32-19-25(30)17-27(13-14-31-18-25)16-24(29)9-11-28(12-10-24)22-7-5-21(26)6-8-22/h2-8,15,29-30H,9-14,16-19H2,1H3/t25-/m0/s1. The predicted octanol–water partition coefficient (Wildman–Crippen LogP) is 2.61. The van der Waals surface area contributed by atoms with E-state index in [0.717, 1.165) is 17.0 Å². The Balaban J connectivity index is 1.33. The van der Waals surface area contributed by atoms with Crippen LogP contribution in [0.2, 0.25) is 0 Å². The van der Waals surface area contributed by atoms with E-state index in [1.165, 1.54) is 12.1 Å². The Morgan fingerprint density at radius 2 is 1.78 bits per heavy atom. The smallest absolute Gasteiger partial charge is 0.134 e. The molecule has 174 valence electrons. The Labute approximate surface area is 189 Å². The molecule has 0 bridgehead atoms. The molecule has 6 nitrogen and oxygen atoms in total. The SMILES string of the molecule is Cc1cccc(OC[C@@]2(O)COCCN(CC3(O)CCN(c4ccc(F)cc4)CC3)C2)c1. The summed E-state index contributed by atoms with van der Waals surface area (Å²) in [6.07, 6.45) is 1.22. The zero-order chi connectivity index (χ0) is 22.6. The van der Waals surface area contributed by atoms with Gasteiger partial charge < -0.3 is 24.6 Å². The number of anilines is 1. The first-order valence-electron chi connectivity index (χ1n) is 11.3. The Bertz CT molecular complexity index is 886. The van der Waals surface area contributed by atoms with E-state index in [1.54, 1.807) is 12.1 Å². The molecular weight excluding hydrogens is 411 g/mol. The predicted molar refractivity (Wildman–Crippen MR) is 122 cm³/mol. The van der Waals surface area contributed by atoms with Crippen LogP contribution in [0.15, 0.2) is 48.5 Å². The summed E-state index contributed by atoms with van der Waals surface area (Å²) in [5.41, 5.74) is 0.0895. The molecule has 0 aliphatic carbocycles. The minimum atomic E-state index is -1.15. The molecule has 7 heteroatoms. The zero-order valence-corrected chi connectivity index (χ0v) is 18.7. The van der Waals surface area contributed by atoms with Gasteiger partial charge in [-0.3, -0.25) is 4.90 Å². The summed E-state index contributed by atoms with van der Waals surface area (Å²) < 4.78 is 24.7. The van der Waals surface area contributed by atoms with Crippen LogP contribution in [0, 0.1) is 12.7 Å². The molecular formula is C25H33FN2O4. The van der Waals surface area contributed by atoms with Crippen molar-refractivity contribution < 1.29 is 24.1 Å². The number of hydrogen-bond acceptors (Lipinski definition) is 6. The van der Waals surface area contributed by atoms with Crippen LogP contribution in [0.1, 0.15) is 18.4 Å². The molecule has 2 N–H and O–H groups in total. The van der Waals surface area contributed by atoms with Gasteiger partial charge in [0.2, 0.25) is 0 Å². The van der Waals surface area contributed by atoms with E-state index >= 15 is 0 Å². The fraction of sp³-hybridized carbons (Fsp3) is 0.520. The van der Waals surface area contributed by atoms with Crippen molar-refractivity contribution in [2.75, 3.05) is 57.4 Å². The molecule has 0 aromatic heterocycles. The normalized spacial score (nSPS) is 24.2. The number of nitrogens with zero attached hydrogens (tertiary/aromatic N) is 2. The highest BCUT2D eigenvalue weighted by Gasteiger charge is 2.39. The molecule has 2 aromatic carbocycles. The van der Waals surface area contributed by atoms with Crippen molar-refractivity contribution >= 4 is 5.69 Å². The maximum Gasteiger partial charge on any atom is 0.134 e. The van der Waals surface area contributed by atoms with E-state index < -0.39 is 11.2 Å². The molecule has 1 atom stereocenters. The van der Waals surface area contributed by atoms with Gasteiger partial charge in [0.1, 0.15) is 23.8 Å². The van der Waals surface area contributed by atoms with Crippen LogP contribution in [0.4, 0.5) is 10.1 Å². The Morgan fingerprint density at radius 3 is 2.50 bits per heavy atom. The zero-order valence-electron chi connectivity index (χ0n) is 18.7. The van der Waals surface area contributed by atoms with Gasteiger partial charge in [0, 0.05) is 38.4 Å². The third-order valence-electron chi connectivity index (χ3n) is 6.34. The lowest BCUT2D eigenvalue weighted by molar-refractivity contribution is -0.0742. The van der Waals surface area contributed by atoms with Gasteiger partial charge in [0.05, 0.1) is 18.8 Å². The fourth-order valence-electron chi connectivity index (χ4n) is 4.55. The summed E-state index contributed by atoms with van der Waals surface area (Å²) in [6.45, 7) is 5.74. The molecule has 2 heterocycles. The van der Waals surface area contributed by atoms with E-state index in [-0.39, 0.29) is 19.0 Å². The summed E-state index contributed by atoms with van der Waals surface area (Å²) in [5, 5.41) is 22.4. The Morgan fingerprint density at radius 1 is 1.03 bits per heavy atom. The van der Waals surface area contributed by atoms with Crippen molar-refractivity contribution in [1.82, 2.24) is 4.90 Å². The van der Waals surface area contributed by atoms with Gasteiger partial charge in [-0.15, -0.1) is 0 Å². The van der Waals surface area contributed by atoms with E-state index in [9.17, 15) is 14.6 Å². The van der Waals surface area contributed by atoms with Crippen molar-refractivity contribution in [3.63, 3.8) is 0 Å². The van der Waals surface area contributed by atoms with E-state index in [2.05, 4.69) is 9.80 Å². The lowest BCUT2D eigenvalue weighted by Crippen LogP contribution is -2.55. The van der Waals surface area contributed by atoms with Crippen molar-refractivity contribution in [3.05, 3.63) is 59.9 Å². The average molecular weight is 445 g/mol. The fourth-order valence-corrected chi connectivity index (χ4v) is 4.55. The monoisotopic (exact) mass is 444 g/mol. The second-order valence-corrected chi connectivity index (χ2v) is 9.28. The Hall–Kier alpha value is -2.19. The average Bonchev–Trinajstić information content (AvgIpc) is 2.95. The number of benzene rings is 2. The molecule has 0 radical (unpaired) electrons. The first-order chi connectivity index (χ1) is 15.3. The number of hydrogen-bond donors (Lipinski definition) is 2. The van der Waals surface area contributed by atoms with Crippen molar-refractivity contribution in [3.8, 4) is 5.75 Å². The van der Waals surface area contributed by atoms with Gasteiger partial charge in [0.15, 0.2) is 0 Å². The Kier molecular flexibility index (Phi) is 7.00. The largest absolute Gasteiger partial charge is 0.490 e. The number of halogens is 1. The summed E-state index contributed by atoms with van der Waals surface area (Å²) in [6, 6.07) is 14.2. The van der Waals surface area contributed by atoms with E-state index in [0.29, 0.717) is 52.2 Å². The van der Waals surface area contributed by atoms with Gasteiger partial charge in [-0.05, 0) is 61.7 Å². The molecule has 2 saturated heterocycles. The number of β-amino-alcohol motifs (C(OH)–C–C–N with tert-alkyl or cyclic N) is 2. The van der Waals surface area contributed by atoms with E-state index in [1.807, 2.05) is 31.2 Å². The molecule has 0 saturated carbocycles. The summed E-state index contributed by atoms with van der Waals surface area (Å²) in [7, 11) is 0. The summed E-state index contributed by atoms with van der Waals surface area (Å²) >= 11 is 0. The van der Waals surface area contributed by atoms with Crippen LogP contribution in [0.5, 0.6) is 5.75 Å². The molecule has 2 aliphatic heterocycles. The second-order valence-electron chi connectivity index (χ2n) is 9.28. The third-order valence-corrected chi connectivity index (χ3v) is 6.34. The van der Waals surface area contributed by atoms with Crippen LogP contribution >= 0.6 is 0 Å². The second kappa shape index (κ2) is 9.75. The highest BCUT2D eigenvalue weighted by molar-refractivity contribution is 5.46. The molecule has 2 aliphatic rings. The van der Waals surface area contributed by atoms with Gasteiger partial charge in [-0.25, -0.2) is 4.39 Å². The molecule has 4 rings (SSSR count). The van der Waals surface area contributed by atoms with Gasteiger partial charge >= 0.3 is 0 Å². The minimum Gasteiger partial charge on any atom is -0.490 e. The van der Waals surface area contributed by atoms with Crippen LogP contribution in [0.25, 0.3) is 0 Å². The number of piperidine rings is 1. The molecule has 0 unspecified atom stereocenters. The van der Waals surface area contributed by atoms with Crippen molar-refractivity contribution in [2.45, 2.75) is 31.0 Å². The number of ether oxygens (including phenoxy) is 2. The molecule has 32 heavy (non-hydrogen) atoms. The van der Waals surface area contributed by atoms with Crippen molar-refractivity contribution in [2.24, 2.45) is 0 Å². The maximum absolute atomic E-state index is 13.2. The number of rotatable bonds is 6. The topological polar surface area (TPSA) is 65.4 Å². The molecule has 2 aromatic rings. The number of aryl methyl sites for hydroxylation is 1. The first kappa shape index (κ1) is 23.0. The van der Waals surface area contributed by atoms with Crippen LogP contribution in [-0.4, -0.2) is 78.9 Å². The van der Waals surface area contributed by atoms with Crippen molar-refractivity contribution in [1.29, 1.82) is 0 Å². The highest BCUT2D eigenvalue weighted by Crippen LogP contribution is 2.28. The third kappa shape index (κ3) is 5.98. The van der Waals surface area contributed by atoms with Crippen LogP contribution < -0.4 is 9.64 Å². The lowest BCUT2D eigenvalue weighted by atomic mass is 9.90. The molecule has 0 spiro atoms. The molecule has 2 fully saturated rings. The minimum absolute atomic E-state index is 0.129. The van der Waals surface area contributed by atoms with Crippen LogP contribution in [0.3, 0.4) is 0 Å². The van der Waals surface area contributed by atoms with Gasteiger partial charge in [-0.2, -0.15) is 0 Å². The highest BCUT2D eigenvalue weighted by atomic mass is 19.1.